The minimum atomic E-state index is -2.94. The zero-order valence-corrected chi connectivity index (χ0v) is 25.5. The molecule has 224 valence electrons. The third kappa shape index (κ3) is 8.89. The summed E-state index contributed by atoms with van der Waals surface area (Å²) in [6.45, 7) is 3.51. The predicted octanol–water partition coefficient (Wildman–Crippen LogP) is 6.08. The summed E-state index contributed by atoms with van der Waals surface area (Å²) in [6, 6.07) is 12.6. The average molecular weight is 616 g/mol. The molecule has 2 atom stereocenters. The summed E-state index contributed by atoms with van der Waals surface area (Å²) in [7, 11) is -2.94. The van der Waals surface area contributed by atoms with Crippen LogP contribution in [0, 0.1) is 0 Å². The fourth-order valence-electron chi connectivity index (χ4n) is 5.47. The number of benzene rings is 2. The summed E-state index contributed by atoms with van der Waals surface area (Å²) in [4.78, 5) is 13.7. The number of anilines is 2. The first kappa shape index (κ1) is 32.8. The molecule has 4 rings (SSSR count). The maximum atomic E-state index is 13.7. The monoisotopic (exact) mass is 614 g/mol. The smallest absolute Gasteiger partial charge is 0.251 e. The van der Waals surface area contributed by atoms with Gasteiger partial charge in [-0.3, -0.25) is 18.2 Å². The molecule has 1 saturated carbocycles. The molecule has 8 nitrogen and oxygen atoms in total. The van der Waals surface area contributed by atoms with Crippen LogP contribution < -0.4 is 20.3 Å². The molecular formula is C29H44Cl2N4O4S. The van der Waals surface area contributed by atoms with Crippen LogP contribution >= 0.6 is 34.8 Å². The zero-order valence-electron chi connectivity index (χ0n) is 23.2. The van der Waals surface area contributed by atoms with E-state index in [1.807, 2.05) is 37.3 Å². The number of nitrogens with zero attached hydrogens (tertiary/aromatic N) is 1. The molecule has 2 aliphatic rings. The van der Waals surface area contributed by atoms with Crippen molar-refractivity contribution in [1.29, 1.82) is 0 Å². The van der Waals surface area contributed by atoms with Crippen molar-refractivity contribution >= 4 is 52.1 Å². The minimum absolute atomic E-state index is 0. The summed E-state index contributed by atoms with van der Waals surface area (Å²) in [5.41, 5.74) is 2.56. The average Bonchev–Trinajstić information content (AvgIpc) is 2.92. The molecule has 0 bridgehead atoms. The van der Waals surface area contributed by atoms with Crippen LogP contribution in [-0.2, 0) is 6.42 Å². The lowest BCUT2D eigenvalue weighted by Gasteiger charge is -2.47. The molecule has 0 radical (unpaired) electrons. The Morgan fingerprint density at radius 2 is 1.85 bits per heavy atom. The Labute approximate surface area is 251 Å². The molecule has 1 saturated heterocycles. The third-order valence-electron chi connectivity index (χ3n) is 7.63. The number of hydrogen-bond acceptors (Lipinski definition) is 7. The van der Waals surface area contributed by atoms with Gasteiger partial charge in [0, 0.05) is 41.9 Å². The van der Waals surface area contributed by atoms with Crippen LogP contribution in [0.2, 0.25) is 5.02 Å². The second-order valence-electron chi connectivity index (χ2n) is 10.6. The number of rotatable bonds is 11. The van der Waals surface area contributed by atoms with Crippen molar-refractivity contribution in [2.75, 3.05) is 35.0 Å². The van der Waals surface area contributed by atoms with Crippen LogP contribution in [0.1, 0.15) is 67.8 Å². The number of carbonyl (C=O) groups excluding carboxylic acids is 1. The van der Waals surface area contributed by atoms with Crippen molar-refractivity contribution in [3.63, 3.8) is 0 Å². The summed E-state index contributed by atoms with van der Waals surface area (Å²) in [5.74, 6) is -0.0154. The standard InChI is InChI=1S/C29H43ClN4O4S.ClH/c1-2-31-24-16-22(17-25(19-24)34-14-8-9-15-39(34,37)38)29(36)33-27(18-21-10-6-7-13-26(21)30)28(35)20-32-23-11-4-3-5-12-23;/h6-7,10,13,16-17,19,23,27-28,31-32,35,37-38H,2-5,8-9,11-12,14-15,18,20H2,1H3,(H,33,36);1H/t27-,28-;/m0./s1. The Hall–Kier alpha value is -1.72. The Bertz CT molecular complexity index is 1100. The van der Waals surface area contributed by atoms with Crippen LogP contribution in [0.25, 0.3) is 0 Å². The first-order valence-electron chi connectivity index (χ1n) is 14.1. The number of hydrogen-bond donors (Lipinski definition) is 6. The molecule has 1 amide bonds. The van der Waals surface area contributed by atoms with Crippen molar-refractivity contribution < 1.29 is 19.0 Å². The second-order valence-corrected chi connectivity index (χ2v) is 13.2. The summed E-state index contributed by atoms with van der Waals surface area (Å²) < 4.78 is 23.0. The molecule has 2 aromatic carbocycles. The van der Waals surface area contributed by atoms with E-state index >= 15 is 0 Å². The molecule has 2 fully saturated rings. The molecule has 2 aromatic rings. The Morgan fingerprint density at radius 3 is 2.55 bits per heavy atom. The van der Waals surface area contributed by atoms with E-state index in [4.69, 9.17) is 11.6 Å². The van der Waals surface area contributed by atoms with E-state index < -0.39 is 22.9 Å². The van der Waals surface area contributed by atoms with E-state index in [1.165, 1.54) is 19.3 Å². The van der Waals surface area contributed by atoms with Gasteiger partial charge in [0.2, 0.25) is 0 Å². The number of halogens is 2. The lowest BCUT2D eigenvalue weighted by molar-refractivity contribution is 0.0821. The van der Waals surface area contributed by atoms with Gasteiger partial charge in [-0.25, -0.2) is 0 Å². The highest BCUT2D eigenvalue weighted by Crippen LogP contribution is 2.50. The Balaban J connectivity index is 0.00000441. The number of carbonyl (C=O) groups is 1. The molecule has 11 heteroatoms. The van der Waals surface area contributed by atoms with E-state index in [2.05, 4.69) is 16.0 Å². The highest BCUT2D eigenvalue weighted by molar-refractivity contribution is 8.25. The van der Waals surface area contributed by atoms with Gasteiger partial charge < -0.3 is 21.1 Å². The predicted molar refractivity (Wildman–Crippen MR) is 169 cm³/mol. The molecule has 1 aliphatic carbocycles. The highest BCUT2D eigenvalue weighted by Gasteiger charge is 2.29. The van der Waals surface area contributed by atoms with Crippen LogP contribution in [0.15, 0.2) is 42.5 Å². The van der Waals surface area contributed by atoms with E-state index in [0.717, 1.165) is 36.9 Å². The van der Waals surface area contributed by atoms with Gasteiger partial charge in [0.05, 0.1) is 23.6 Å². The first-order valence-corrected chi connectivity index (χ1v) is 16.2. The van der Waals surface area contributed by atoms with E-state index in [0.29, 0.717) is 54.1 Å². The number of amides is 1. The van der Waals surface area contributed by atoms with Crippen LogP contribution in [0.5, 0.6) is 0 Å². The fourth-order valence-corrected chi connectivity index (χ4v) is 7.36. The fraction of sp³-hybridized carbons (Fsp3) is 0.552. The highest BCUT2D eigenvalue weighted by atomic mass is 35.5. The number of aliphatic hydroxyl groups excluding tert-OH is 1. The number of aliphatic hydroxyl groups is 1. The van der Waals surface area contributed by atoms with Crippen molar-refractivity contribution in [2.45, 2.75) is 76.5 Å². The van der Waals surface area contributed by atoms with Crippen molar-refractivity contribution in [3.8, 4) is 0 Å². The summed E-state index contributed by atoms with van der Waals surface area (Å²) >= 11 is 6.45. The first-order chi connectivity index (χ1) is 18.8. The topological polar surface area (TPSA) is 117 Å². The van der Waals surface area contributed by atoms with Gasteiger partial charge in [0.25, 0.3) is 5.91 Å². The lowest BCUT2D eigenvalue weighted by Crippen LogP contribution is -2.50. The molecule has 0 spiro atoms. The van der Waals surface area contributed by atoms with Crippen LogP contribution in [-0.4, -0.2) is 63.7 Å². The van der Waals surface area contributed by atoms with Gasteiger partial charge in [0.1, 0.15) is 0 Å². The molecule has 1 aliphatic heterocycles. The van der Waals surface area contributed by atoms with Gasteiger partial charge >= 0.3 is 0 Å². The van der Waals surface area contributed by atoms with E-state index in [-0.39, 0.29) is 18.3 Å². The SMILES string of the molecule is CCNc1cc(C(=O)N[C@@H](Cc2ccccc2Cl)[C@@H](O)CNC2CCCCC2)cc(N2CCCCS2(O)O)c1.Cl. The summed E-state index contributed by atoms with van der Waals surface area (Å²) in [5, 5.41) is 21.7. The molecule has 0 unspecified atom stereocenters. The maximum Gasteiger partial charge on any atom is 0.251 e. The Kier molecular flexibility index (Phi) is 12.7. The lowest BCUT2D eigenvalue weighted by atomic mass is 9.94. The van der Waals surface area contributed by atoms with Gasteiger partial charge in [-0.15, -0.1) is 23.2 Å². The minimum Gasteiger partial charge on any atom is -0.390 e. The molecular weight excluding hydrogens is 571 g/mol. The van der Waals surface area contributed by atoms with Gasteiger partial charge in [-0.05, 0) is 68.9 Å². The summed E-state index contributed by atoms with van der Waals surface area (Å²) in [6.07, 6.45) is 7.02. The molecule has 1 heterocycles. The van der Waals surface area contributed by atoms with Gasteiger partial charge in [-0.1, -0.05) is 49.1 Å². The third-order valence-corrected chi connectivity index (χ3v) is 9.94. The van der Waals surface area contributed by atoms with E-state index in [9.17, 15) is 19.0 Å². The van der Waals surface area contributed by atoms with E-state index in [1.54, 1.807) is 16.4 Å². The number of nitrogens with one attached hydrogen (secondary N) is 3. The van der Waals surface area contributed by atoms with Crippen molar-refractivity contribution in [1.82, 2.24) is 10.6 Å². The molecule has 0 aromatic heterocycles. The quantitative estimate of drug-likeness (QED) is 0.181. The normalized spacial score (nSPS) is 19.7. The zero-order chi connectivity index (χ0) is 27.8. The molecule has 40 heavy (non-hydrogen) atoms. The Morgan fingerprint density at radius 1 is 1.10 bits per heavy atom. The van der Waals surface area contributed by atoms with Gasteiger partial charge in [-0.2, -0.15) is 0 Å². The van der Waals surface area contributed by atoms with Crippen LogP contribution in [0.4, 0.5) is 11.4 Å². The maximum absolute atomic E-state index is 13.7. The van der Waals surface area contributed by atoms with Crippen molar-refractivity contribution in [2.24, 2.45) is 0 Å². The largest absolute Gasteiger partial charge is 0.390 e. The van der Waals surface area contributed by atoms with Crippen molar-refractivity contribution in [3.05, 3.63) is 58.6 Å². The van der Waals surface area contributed by atoms with Gasteiger partial charge in [0.15, 0.2) is 0 Å². The van der Waals surface area contributed by atoms with Crippen LogP contribution in [0.3, 0.4) is 0 Å². The second kappa shape index (κ2) is 15.5. The molecule has 6 N–H and O–H groups in total.